The Labute approximate surface area is 118 Å². The van der Waals surface area contributed by atoms with Crippen LogP contribution in [0.3, 0.4) is 0 Å². The van der Waals surface area contributed by atoms with Gasteiger partial charge in [0.05, 0.1) is 11.6 Å². The zero-order valence-corrected chi connectivity index (χ0v) is 11.8. The van der Waals surface area contributed by atoms with Gasteiger partial charge in [0.25, 0.3) is 5.91 Å². The molecule has 0 unspecified atom stereocenters. The standard InChI is InChI=1S/C17H16N2O/c1-11-5-7-15(8-13(11)3)17(20)19-16-9-14(10-18)6-4-12(16)2/h4-9H,1-3H3,(H,19,20). The minimum Gasteiger partial charge on any atom is -0.322 e. The molecule has 1 N–H and O–H groups in total. The maximum Gasteiger partial charge on any atom is 0.255 e. The van der Waals surface area contributed by atoms with Gasteiger partial charge in [-0.2, -0.15) is 5.26 Å². The average Bonchev–Trinajstić information content (AvgIpc) is 2.44. The van der Waals surface area contributed by atoms with Gasteiger partial charge in [-0.25, -0.2) is 0 Å². The molecule has 0 spiro atoms. The monoisotopic (exact) mass is 264 g/mol. The van der Waals surface area contributed by atoms with Crippen LogP contribution in [0.25, 0.3) is 0 Å². The fourth-order valence-corrected chi connectivity index (χ4v) is 1.90. The number of nitrogens with one attached hydrogen (secondary N) is 1. The van der Waals surface area contributed by atoms with Crippen molar-refractivity contribution in [3.63, 3.8) is 0 Å². The van der Waals surface area contributed by atoms with Crippen LogP contribution in [0.4, 0.5) is 5.69 Å². The van der Waals surface area contributed by atoms with Crippen molar-refractivity contribution in [2.45, 2.75) is 20.8 Å². The minimum atomic E-state index is -0.161. The van der Waals surface area contributed by atoms with Crippen molar-refractivity contribution in [1.82, 2.24) is 0 Å². The molecule has 2 aromatic rings. The normalized spacial score (nSPS) is 9.90. The van der Waals surface area contributed by atoms with E-state index in [9.17, 15) is 4.79 Å². The van der Waals surface area contributed by atoms with Crippen LogP contribution in [0, 0.1) is 32.1 Å². The zero-order chi connectivity index (χ0) is 14.7. The van der Waals surface area contributed by atoms with E-state index in [-0.39, 0.29) is 5.91 Å². The summed E-state index contributed by atoms with van der Waals surface area (Å²) in [6.45, 7) is 5.89. The third-order valence-electron chi connectivity index (χ3n) is 3.38. The fraction of sp³-hybridized carbons (Fsp3) is 0.176. The SMILES string of the molecule is Cc1ccc(C(=O)Nc2cc(C#N)ccc2C)cc1C. The number of hydrogen-bond acceptors (Lipinski definition) is 2. The summed E-state index contributed by atoms with van der Waals surface area (Å²) in [4.78, 5) is 12.2. The molecule has 20 heavy (non-hydrogen) atoms. The van der Waals surface area contributed by atoms with Crippen LogP contribution < -0.4 is 5.32 Å². The molecule has 3 nitrogen and oxygen atoms in total. The summed E-state index contributed by atoms with van der Waals surface area (Å²) in [5.74, 6) is -0.161. The number of benzene rings is 2. The largest absolute Gasteiger partial charge is 0.322 e. The summed E-state index contributed by atoms with van der Waals surface area (Å²) >= 11 is 0. The van der Waals surface area contributed by atoms with E-state index in [0.717, 1.165) is 16.7 Å². The highest BCUT2D eigenvalue weighted by atomic mass is 16.1. The highest BCUT2D eigenvalue weighted by Gasteiger charge is 2.09. The van der Waals surface area contributed by atoms with Crippen LogP contribution >= 0.6 is 0 Å². The van der Waals surface area contributed by atoms with Gasteiger partial charge >= 0.3 is 0 Å². The molecule has 0 aromatic heterocycles. The maximum absolute atomic E-state index is 12.2. The van der Waals surface area contributed by atoms with Crippen LogP contribution in [0.2, 0.25) is 0 Å². The molecule has 0 aliphatic rings. The number of carbonyl (C=O) groups is 1. The second kappa shape index (κ2) is 5.58. The second-order valence-corrected chi connectivity index (χ2v) is 4.89. The molecule has 2 aromatic carbocycles. The number of carbonyl (C=O) groups excluding carboxylic acids is 1. The Kier molecular flexibility index (Phi) is 3.86. The number of rotatable bonds is 2. The highest BCUT2D eigenvalue weighted by molar-refractivity contribution is 6.04. The summed E-state index contributed by atoms with van der Waals surface area (Å²) in [5.41, 5.74) is 5.00. The van der Waals surface area contributed by atoms with Crippen LogP contribution in [0.15, 0.2) is 36.4 Å². The predicted molar refractivity (Wildman–Crippen MR) is 79.8 cm³/mol. The fourth-order valence-electron chi connectivity index (χ4n) is 1.90. The molecule has 0 aliphatic carbocycles. The Bertz CT molecular complexity index is 711. The van der Waals surface area contributed by atoms with E-state index < -0.39 is 0 Å². The molecular formula is C17H16N2O. The number of aryl methyl sites for hydroxylation is 3. The molecule has 0 saturated heterocycles. The molecule has 0 radical (unpaired) electrons. The predicted octanol–water partition coefficient (Wildman–Crippen LogP) is 3.74. The first-order chi connectivity index (χ1) is 9.51. The van der Waals surface area contributed by atoms with E-state index in [0.29, 0.717) is 16.8 Å². The van der Waals surface area contributed by atoms with E-state index >= 15 is 0 Å². The van der Waals surface area contributed by atoms with Crippen molar-refractivity contribution in [1.29, 1.82) is 5.26 Å². The van der Waals surface area contributed by atoms with E-state index in [1.54, 1.807) is 18.2 Å². The molecule has 3 heteroatoms. The van der Waals surface area contributed by atoms with E-state index in [1.165, 1.54) is 0 Å². The molecule has 0 saturated carbocycles. The third-order valence-corrected chi connectivity index (χ3v) is 3.38. The topological polar surface area (TPSA) is 52.9 Å². The van der Waals surface area contributed by atoms with Gasteiger partial charge in [0.2, 0.25) is 0 Å². The third kappa shape index (κ3) is 2.86. The Morgan fingerprint density at radius 1 is 1.00 bits per heavy atom. The Morgan fingerprint density at radius 3 is 2.35 bits per heavy atom. The Hall–Kier alpha value is -2.60. The van der Waals surface area contributed by atoms with Crippen molar-refractivity contribution < 1.29 is 4.79 Å². The van der Waals surface area contributed by atoms with Crippen LogP contribution in [0.5, 0.6) is 0 Å². The first-order valence-electron chi connectivity index (χ1n) is 6.40. The Balaban J connectivity index is 2.28. The van der Waals surface area contributed by atoms with Gasteiger partial charge in [0.1, 0.15) is 0 Å². The summed E-state index contributed by atoms with van der Waals surface area (Å²) < 4.78 is 0. The summed E-state index contributed by atoms with van der Waals surface area (Å²) in [6, 6.07) is 12.9. The van der Waals surface area contributed by atoms with Gasteiger partial charge in [-0.15, -0.1) is 0 Å². The molecule has 2 rings (SSSR count). The van der Waals surface area contributed by atoms with Crippen LogP contribution in [0.1, 0.15) is 32.6 Å². The first-order valence-corrected chi connectivity index (χ1v) is 6.40. The number of amides is 1. The number of hydrogen-bond donors (Lipinski definition) is 1. The van der Waals surface area contributed by atoms with Gasteiger partial charge in [-0.05, 0) is 61.7 Å². The molecule has 0 aliphatic heterocycles. The van der Waals surface area contributed by atoms with Crippen molar-refractivity contribution >= 4 is 11.6 Å². The van der Waals surface area contributed by atoms with Crippen molar-refractivity contribution in [3.05, 3.63) is 64.2 Å². The lowest BCUT2D eigenvalue weighted by Crippen LogP contribution is -2.13. The minimum absolute atomic E-state index is 0.161. The Morgan fingerprint density at radius 2 is 1.70 bits per heavy atom. The lowest BCUT2D eigenvalue weighted by atomic mass is 10.1. The molecule has 100 valence electrons. The first kappa shape index (κ1) is 13.8. The maximum atomic E-state index is 12.2. The summed E-state index contributed by atoms with van der Waals surface area (Å²) in [6.07, 6.45) is 0. The van der Waals surface area contributed by atoms with Crippen molar-refractivity contribution in [2.24, 2.45) is 0 Å². The van der Waals surface area contributed by atoms with Crippen molar-refractivity contribution in [3.8, 4) is 6.07 Å². The lowest BCUT2D eigenvalue weighted by molar-refractivity contribution is 0.102. The number of nitrogens with zero attached hydrogens (tertiary/aromatic N) is 1. The molecule has 0 heterocycles. The number of nitriles is 1. The van der Waals surface area contributed by atoms with Gasteiger partial charge in [-0.3, -0.25) is 4.79 Å². The summed E-state index contributed by atoms with van der Waals surface area (Å²) in [5, 5.41) is 11.8. The van der Waals surface area contributed by atoms with Gasteiger partial charge in [0.15, 0.2) is 0 Å². The molecule has 0 bridgehead atoms. The van der Waals surface area contributed by atoms with Gasteiger partial charge < -0.3 is 5.32 Å². The van der Waals surface area contributed by atoms with Crippen LogP contribution in [-0.4, -0.2) is 5.91 Å². The van der Waals surface area contributed by atoms with E-state index in [2.05, 4.69) is 11.4 Å². The quantitative estimate of drug-likeness (QED) is 0.898. The average molecular weight is 264 g/mol. The van der Waals surface area contributed by atoms with Gasteiger partial charge in [0, 0.05) is 11.3 Å². The smallest absolute Gasteiger partial charge is 0.255 e. The van der Waals surface area contributed by atoms with Crippen molar-refractivity contribution in [2.75, 3.05) is 5.32 Å². The zero-order valence-electron chi connectivity index (χ0n) is 11.8. The lowest BCUT2D eigenvalue weighted by Gasteiger charge is -2.10. The van der Waals surface area contributed by atoms with E-state index in [1.807, 2.05) is 39.0 Å². The molecule has 0 atom stereocenters. The number of anilines is 1. The van der Waals surface area contributed by atoms with Gasteiger partial charge in [-0.1, -0.05) is 12.1 Å². The highest BCUT2D eigenvalue weighted by Crippen LogP contribution is 2.18. The van der Waals surface area contributed by atoms with Crippen LogP contribution in [-0.2, 0) is 0 Å². The second-order valence-electron chi connectivity index (χ2n) is 4.89. The molecule has 1 amide bonds. The summed E-state index contributed by atoms with van der Waals surface area (Å²) in [7, 11) is 0. The van der Waals surface area contributed by atoms with E-state index in [4.69, 9.17) is 5.26 Å². The molecular weight excluding hydrogens is 248 g/mol. The molecule has 0 fully saturated rings.